The van der Waals surface area contributed by atoms with Crippen LogP contribution in [0.4, 0.5) is 5.13 Å². The molecule has 0 radical (unpaired) electrons. The Morgan fingerprint density at radius 2 is 2.33 bits per heavy atom. The normalized spacial score (nSPS) is 11.2. The number of aliphatic carboxylic acids is 1. The van der Waals surface area contributed by atoms with E-state index in [4.69, 9.17) is 10.8 Å². The van der Waals surface area contributed by atoms with Gasteiger partial charge in [0.25, 0.3) is 0 Å². The maximum Gasteiger partial charge on any atom is 0.328 e. The number of rotatable bonds is 2. The molecule has 0 aliphatic carbocycles. The first-order chi connectivity index (χ1) is 7.16. The number of fused-ring (bicyclic) bond motifs is 1. The van der Waals surface area contributed by atoms with E-state index in [-0.39, 0.29) is 0 Å². The topological polar surface area (TPSA) is 76.2 Å². The van der Waals surface area contributed by atoms with Crippen molar-refractivity contribution in [3.05, 3.63) is 29.8 Å². The molecule has 0 fully saturated rings. The Labute approximate surface area is 89.7 Å². The van der Waals surface area contributed by atoms with Crippen LogP contribution in [0.2, 0.25) is 0 Å². The molecule has 76 valence electrons. The average Bonchev–Trinajstić information content (AvgIpc) is 2.55. The van der Waals surface area contributed by atoms with Gasteiger partial charge in [0.1, 0.15) is 0 Å². The van der Waals surface area contributed by atoms with Crippen LogP contribution in [0, 0.1) is 0 Å². The van der Waals surface area contributed by atoms with Gasteiger partial charge in [-0.1, -0.05) is 23.5 Å². The van der Waals surface area contributed by atoms with E-state index in [0.717, 1.165) is 21.9 Å². The number of thiazole rings is 1. The summed E-state index contributed by atoms with van der Waals surface area (Å²) < 4.78 is 0.958. The van der Waals surface area contributed by atoms with Gasteiger partial charge in [-0.25, -0.2) is 9.78 Å². The highest BCUT2D eigenvalue weighted by atomic mass is 32.1. The quantitative estimate of drug-likeness (QED) is 0.759. The lowest BCUT2D eigenvalue weighted by Gasteiger charge is -1.93. The minimum absolute atomic E-state index is 0.487. The van der Waals surface area contributed by atoms with E-state index in [1.165, 1.54) is 17.4 Å². The fourth-order valence-corrected chi connectivity index (χ4v) is 2.05. The molecule has 4 nitrogen and oxygen atoms in total. The lowest BCUT2D eigenvalue weighted by molar-refractivity contribution is -0.131. The third kappa shape index (κ3) is 1.97. The van der Waals surface area contributed by atoms with Crippen molar-refractivity contribution in [3.8, 4) is 0 Å². The maximum atomic E-state index is 10.4. The molecule has 2 aromatic rings. The van der Waals surface area contributed by atoms with Crippen LogP contribution in [-0.4, -0.2) is 16.1 Å². The van der Waals surface area contributed by atoms with Crippen molar-refractivity contribution in [2.75, 3.05) is 5.73 Å². The van der Waals surface area contributed by atoms with Crippen molar-refractivity contribution in [2.45, 2.75) is 0 Å². The Bertz CT molecular complexity index is 545. The summed E-state index contributed by atoms with van der Waals surface area (Å²) in [6.45, 7) is 0. The van der Waals surface area contributed by atoms with Crippen molar-refractivity contribution in [1.82, 2.24) is 4.98 Å². The third-order valence-electron chi connectivity index (χ3n) is 1.87. The summed E-state index contributed by atoms with van der Waals surface area (Å²) in [4.78, 5) is 14.5. The molecule has 1 aromatic heterocycles. The molecular formula is C10H8N2O2S. The number of aromatic nitrogens is 1. The number of nitrogen functional groups attached to an aromatic ring is 1. The molecule has 2 rings (SSSR count). The van der Waals surface area contributed by atoms with E-state index >= 15 is 0 Å². The molecule has 15 heavy (non-hydrogen) atoms. The summed E-state index contributed by atoms with van der Waals surface area (Å²) >= 11 is 1.39. The Morgan fingerprint density at radius 1 is 1.53 bits per heavy atom. The monoisotopic (exact) mass is 220 g/mol. The lowest BCUT2D eigenvalue weighted by Crippen LogP contribution is -1.86. The highest BCUT2D eigenvalue weighted by Gasteiger charge is 2.03. The zero-order chi connectivity index (χ0) is 10.8. The van der Waals surface area contributed by atoms with Gasteiger partial charge in [0.15, 0.2) is 5.13 Å². The lowest BCUT2D eigenvalue weighted by atomic mass is 10.2. The van der Waals surface area contributed by atoms with Gasteiger partial charge in [-0.3, -0.25) is 0 Å². The van der Waals surface area contributed by atoms with E-state index in [9.17, 15) is 4.79 Å². The van der Waals surface area contributed by atoms with Crippen LogP contribution < -0.4 is 5.73 Å². The van der Waals surface area contributed by atoms with Gasteiger partial charge < -0.3 is 10.8 Å². The second-order valence-electron chi connectivity index (χ2n) is 2.92. The van der Waals surface area contributed by atoms with E-state index < -0.39 is 5.97 Å². The molecule has 1 heterocycles. The van der Waals surface area contributed by atoms with Crippen molar-refractivity contribution < 1.29 is 9.90 Å². The Kier molecular flexibility index (Phi) is 2.39. The Morgan fingerprint density at radius 3 is 3.07 bits per heavy atom. The summed E-state index contributed by atoms with van der Waals surface area (Å²) in [5, 5.41) is 9.01. The maximum absolute atomic E-state index is 10.4. The number of benzene rings is 1. The number of anilines is 1. The molecule has 0 amide bonds. The highest BCUT2D eigenvalue weighted by Crippen LogP contribution is 2.26. The number of carboxylic acids is 1. The van der Waals surface area contributed by atoms with E-state index in [2.05, 4.69) is 4.98 Å². The first-order valence-electron chi connectivity index (χ1n) is 4.23. The molecule has 0 aliphatic rings. The van der Waals surface area contributed by atoms with E-state index in [1.807, 2.05) is 12.1 Å². The second-order valence-corrected chi connectivity index (χ2v) is 3.98. The molecule has 0 unspecified atom stereocenters. The first kappa shape index (κ1) is 9.67. The number of hydrogen-bond acceptors (Lipinski definition) is 4. The molecule has 5 heteroatoms. The largest absolute Gasteiger partial charge is 0.478 e. The summed E-state index contributed by atoms with van der Waals surface area (Å²) in [6, 6.07) is 5.56. The van der Waals surface area contributed by atoms with Gasteiger partial charge >= 0.3 is 5.97 Å². The van der Waals surface area contributed by atoms with Crippen molar-refractivity contribution in [1.29, 1.82) is 0 Å². The smallest absolute Gasteiger partial charge is 0.328 e. The third-order valence-corrected chi connectivity index (χ3v) is 2.72. The fourth-order valence-electron chi connectivity index (χ4n) is 1.28. The molecule has 0 saturated carbocycles. The number of nitrogens with two attached hydrogens (primary N) is 1. The zero-order valence-electron chi connectivity index (χ0n) is 7.68. The number of nitrogens with zero attached hydrogens (tertiary/aromatic N) is 1. The molecule has 0 bridgehead atoms. The highest BCUT2D eigenvalue weighted by molar-refractivity contribution is 7.22. The van der Waals surface area contributed by atoms with Gasteiger partial charge in [-0.2, -0.15) is 0 Å². The second kappa shape index (κ2) is 3.70. The number of hydrogen-bond donors (Lipinski definition) is 2. The number of carbonyl (C=O) groups is 1. The Balaban J connectivity index is 2.55. The molecule has 0 spiro atoms. The predicted octanol–water partition coefficient (Wildman–Crippen LogP) is 1.98. The van der Waals surface area contributed by atoms with Crippen LogP contribution in [0.3, 0.4) is 0 Å². The predicted molar refractivity (Wildman–Crippen MR) is 60.7 cm³/mol. The van der Waals surface area contributed by atoms with Gasteiger partial charge in [0.2, 0.25) is 0 Å². The van der Waals surface area contributed by atoms with Crippen molar-refractivity contribution >= 4 is 38.7 Å². The zero-order valence-corrected chi connectivity index (χ0v) is 8.49. The van der Waals surface area contributed by atoms with E-state index in [1.54, 1.807) is 6.07 Å². The van der Waals surface area contributed by atoms with Gasteiger partial charge in [0, 0.05) is 11.6 Å². The van der Waals surface area contributed by atoms with Crippen LogP contribution >= 0.6 is 11.3 Å². The van der Waals surface area contributed by atoms with Gasteiger partial charge in [-0.15, -0.1) is 0 Å². The first-order valence-corrected chi connectivity index (χ1v) is 5.04. The summed E-state index contributed by atoms with van der Waals surface area (Å²) in [6.07, 6.45) is 2.61. The number of para-hydroxylation sites is 1. The van der Waals surface area contributed by atoms with Gasteiger partial charge in [-0.05, 0) is 12.1 Å². The van der Waals surface area contributed by atoms with Crippen LogP contribution in [0.25, 0.3) is 16.3 Å². The van der Waals surface area contributed by atoms with Crippen LogP contribution in [0.5, 0.6) is 0 Å². The minimum atomic E-state index is -0.977. The summed E-state index contributed by atoms with van der Waals surface area (Å²) in [5.41, 5.74) is 7.10. The standard InChI is InChI=1S/C10H8N2O2S/c11-10-12-9-6(4-5-8(13)14)2-1-3-7(9)15-10/h1-5H,(H2,11,12)(H,13,14). The average molecular weight is 220 g/mol. The summed E-state index contributed by atoms with van der Waals surface area (Å²) in [7, 11) is 0. The SMILES string of the molecule is Nc1nc2c(C=CC(=O)O)cccc2s1. The molecule has 1 aromatic carbocycles. The van der Waals surface area contributed by atoms with E-state index in [0.29, 0.717) is 5.13 Å². The van der Waals surface area contributed by atoms with Crippen molar-refractivity contribution in [2.24, 2.45) is 0 Å². The molecule has 0 atom stereocenters. The molecule has 0 aliphatic heterocycles. The Hall–Kier alpha value is -1.88. The van der Waals surface area contributed by atoms with Gasteiger partial charge in [0.05, 0.1) is 10.2 Å². The minimum Gasteiger partial charge on any atom is -0.478 e. The van der Waals surface area contributed by atoms with Crippen LogP contribution in [0.1, 0.15) is 5.56 Å². The fraction of sp³-hybridized carbons (Fsp3) is 0. The number of carboxylic acid groups (broad SMARTS) is 1. The van der Waals surface area contributed by atoms with Crippen molar-refractivity contribution in [3.63, 3.8) is 0 Å². The molecular weight excluding hydrogens is 212 g/mol. The van der Waals surface area contributed by atoms with Crippen LogP contribution in [0.15, 0.2) is 24.3 Å². The molecule has 3 N–H and O–H groups in total. The molecule has 0 saturated heterocycles. The summed E-state index contributed by atoms with van der Waals surface area (Å²) in [5.74, 6) is -0.977. The van der Waals surface area contributed by atoms with Crippen LogP contribution in [-0.2, 0) is 4.79 Å².